The first-order valence-corrected chi connectivity index (χ1v) is 5.99. The molecule has 0 saturated carbocycles. The number of amides is 1. The summed E-state index contributed by atoms with van der Waals surface area (Å²) in [7, 11) is 1.63. The van der Waals surface area contributed by atoms with E-state index in [0.29, 0.717) is 5.69 Å². The lowest BCUT2D eigenvalue weighted by molar-refractivity contribution is -0.121. The van der Waals surface area contributed by atoms with Gasteiger partial charge in [0.05, 0.1) is 11.2 Å². The number of fused-ring (bicyclic) bond motifs is 1. The minimum Gasteiger partial charge on any atom is -0.397 e. The maximum Gasteiger partial charge on any atom is 0.239 e. The number of nitrogen functional groups attached to an aromatic ring is 1. The minimum atomic E-state index is -0.0429. The molecule has 0 aliphatic rings. The fraction of sp³-hybridized carbons (Fsp3) is 0.385. The SMILES string of the molecule is CNC(=O)Cn1c(C(C)C)nc2c(N)cccc21. The van der Waals surface area contributed by atoms with Crippen molar-refractivity contribution in [1.29, 1.82) is 0 Å². The van der Waals surface area contributed by atoms with Crippen molar-refractivity contribution in [1.82, 2.24) is 14.9 Å². The van der Waals surface area contributed by atoms with Gasteiger partial charge in [0.15, 0.2) is 0 Å². The van der Waals surface area contributed by atoms with E-state index in [2.05, 4.69) is 24.1 Å². The van der Waals surface area contributed by atoms with Crippen molar-refractivity contribution in [3.8, 4) is 0 Å². The molecular formula is C13H18N4O. The topological polar surface area (TPSA) is 72.9 Å². The van der Waals surface area contributed by atoms with Crippen LogP contribution in [0.4, 0.5) is 5.69 Å². The number of para-hydroxylation sites is 1. The van der Waals surface area contributed by atoms with Gasteiger partial charge in [-0.05, 0) is 12.1 Å². The van der Waals surface area contributed by atoms with Crippen LogP contribution >= 0.6 is 0 Å². The van der Waals surface area contributed by atoms with Crippen LogP contribution in [0, 0.1) is 0 Å². The fourth-order valence-electron chi connectivity index (χ4n) is 2.02. The Bertz CT molecular complexity index is 586. The normalized spacial score (nSPS) is 11.1. The molecule has 0 aliphatic carbocycles. The summed E-state index contributed by atoms with van der Waals surface area (Å²) >= 11 is 0. The van der Waals surface area contributed by atoms with Crippen LogP contribution < -0.4 is 11.1 Å². The van der Waals surface area contributed by atoms with E-state index in [0.717, 1.165) is 16.9 Å². The zero-order valence-electron chi connectivity index (χ0n) is 10.9. The molecule has 0 spiro atoms. The highest BCUT2D eigenvalue weighted by Crippen LogP contribution is 2.25. The summed E-state index contributed by atoms with van der Waals surface area (Å²) in [5, 5.41) is 2.63. The second-order valence-corrected chi connectivity index (χ2v) is 4.60. The molecule has 0 radical (unpaired) electrons. The maximum atomic E-state index is 11.6. The number of rotatable bonds is 3. The van der Waals surface area contributed by atoms with Gasteiger partial charge in [-0.1, -0.05) is 19.9 Å². The Balaban J connectivity index is 2.63. The summed E-state index contributed by atoms with van der Waals surface area (Å²) in [6.07, 6.45) is 0. The van der Waals surface area contributed by atoms with Gasteiger partial charge in [0, 0.05) is 13.0 Å². The van der Waals surface area contributed by atoms with Gasteiger partial charge in [0.1, 0.15) is 17.9 Å². The average Bonchev–Trinajstić information content (AvgIpc) is 2.70. The van der Waals surface area contributed by atoms with Gasteiger partial charge in [-0.25, -0.2) is 4.98 Å². The van der Waals surface area contributed by atoms with E-state index >= 15 is 0 Å². The van der Waals surface area contributed by atoms with Crippen LogP contribution in [0.15, 0.2) is 18.2 Å². The molecule has 0 aliphatic heterocycles. The Morgan fingerprint density at radius 3 is 2.83 bits per heavy atom. The molecule has 0 unspecified atom stereocenters. The van der Waals surface area contributed by atoms with Gasteiger partial charge in [0.2, 0.25) is 5.91 Å². The van der Waals surface area contributed by atoms with Crippen molar-refractivity contribution in [2.45, 2.75) is 26.3 Å². The molecular weight excluding hydrogens is 228 g/mol. The standard InChI is InChI=1S/C13H18N4O/c1-8(2)13-16-12-9(14)5-4-6-10(12)17(13)7-11(18)15-3/h4-6,8H,7,14H2,1-3H3,(H,15,18). The smallest absolute Gasteiger partial charge is 0.239 e. The summed E-state index contributed by atoms with van der Waals surface area (Å²) in [5.41, 5.74) is 8.24. The van der Waals surface area contributed by atoms with Gasteiger partial charge in [-0.2, -0.15) is 0 Å². The molecule has 2 aromatic rings. The second kappa shape index (κ2) is 4.68. The number of imidazole rings is 1. The van der Waals surface area contributed by atoms with Crippen molar-refractivity contribution in [2.75, 3.05) is 12.8 Å². The monoisotopic (exact) mass is 246 g/mol. The Morgan fingerprint density at radius 2 is 2.22 bits per heavy atom. The molecule has 0 saturated heterocycles. The molecule has 0 atom stereocenters. The fourth-order valence-corrected chi connectivity index (χ4v) is 2.02. The summed E-state index contributed by atoms with van der Waals surface area (Å²) < 4.78 is 1.93. The first-order chi connectivity index (χ1) is 8.54. The molecule has 5 heteroatoms. The maximum absolute atomic E-state index is 11.6. The van der Waals surface area contributed by atoms with Crippen LogP contribution in [0.5, 0.6) is 0 Å². The van der Waals surface area contributed by atoms with Crippen LogP contribution in [0.2, 0.25) is 0 Å². The number of benzene rings is 1. The third-order valence-electron chi connectivity index (χ3n) is 2.94. The Labute approximate surface area is 106 Å². The summed E-state index contributed by atoms with van der Waals surface area (Å²) in [5.74, 6) is 1.08. The second-order valence-electron chi connectivity index (χ2n) is 4.60. The zero-order chi connectivity index (χ0) is 13.3. The van der Waals surface area contributed by atoms with Gasteiger partial charge in [-0.3, -0.25) is 4.79 Å². The lowest BCUT2D eigenvalue weighted by Crippen LogP contribution is -2.24. The minimum absolute atomic E-state index is 0.0429. The summed E-state index contributed by atoms with van der Waals surface area (Å²) in [4.78, 5) is 16.1. The molecule has 1 amide bonds. The molecule has 96 valence electrons. The van der Waals surface area contributed by atoms with Crippen LogP contribution in [-0.2, 0) is 11.3 Å². The molecule has 0 fully saturated rings. The van der Waals surface area contributed by atoms with E-state index in [1.807, 2.05) is 22.8 Å². The number of nitrogens with zero attached hydrogens (tertiary/aromatic N) is 2. The summed E-state index contributed by atoms with van der Waals surface area (Å²) in [6.45, 7) is 4.37. The van der Waals surface area contributed by atoms with Gasteiger partial charge in [-0.15, -0.1) is 0 Å². The third-order valence-corrected chi connectivity index (χ3v) is 2.94. The number of hydrogen-bond donors (Lipinski definition) is 2. The van der Waals surface area contributed by atoms with Crippen LogP contribution in [0.25, 0.3) is 11.0 Å². The van der Waals surface area contributed by atoms with E-state index in [9.17, 15) is 4.79 Å². The first-order valence-electron chi connectivity index (χ1n) is 5.99. The van der Waals surface area contributed by atoms with Crippen molar-refractivity contribution < 1.29 is 4.79 Å². The Hall–Kier alpha value is -2.04. The van der Waals surface area contributed by atoms with Crippen molar-refractivity contribution in [2.24, 2.45) is 0 Å². The lowest BCUT2D eigenvalue weighted by Gasteiger charge is -2.10. The van der Waals surface area contributed by atoms with E-state index in [4.69, 9.17) is 5.73 Å². The Kier molecular flexibility index (Phi) is 3.23. The number of hydrogen-bond acceptors (Lipinski definition) is 3. The molecule has 2 rings (SSSR count). The molecule has 1 aromatic carbocycles. The predicted octanol–water partition coefficient (Wildman–Crippen LogP) is 1.49. The summed E-state index contributed by atoms with van der Waals surface area (Å²) in [6, 6.07) is 5.64. The number of carbonyl (C=O) groups excluding carboxylic acids is 1. The number of aromatic nitrogens is 2. The first kappa shape index (κ1) is 12.4. The highest BCUT2D eigenvalue weighted by molar-refractivity contribution is 5.89. The molecule has 3 N–H and O–H groups in total. The van der Waals surface area contributed by atoms with E-state index in [-0.39, 0.29) is 18.4 Å². The highest BCUT2D eigenvalue weighted by Gasteiger charge is 2.16. The van der Waals surface area contributed by atoms with Gasteiger partial charge >= 0.3 is 0 Å². The number of carbonyl (C=O) groups is 1. The zero-order valence-corrected chi connectivity index (χ0v) is 10.9. The number of likely N-dealkylation sites (N-methyl/N-ethyl adjacent to an activating group) is 1. The number of anilines is 1. The van der Waals surface area contributed by atoms with Crippen molar-refractivity contribution in [3.05, 3.63) is 24.0 Å². The van der Waals surface area contributed by atoms with Crippen LogP contribution in [-0.4, -0.2) is 22.5 Å². The van der Waals surface area contributed by atoms with Gasteiger partial charge < -0.3 is 15.6 Å². The molecule has 18 heavy (non-hydrogen) atoms. The largest absolute Gasteiger partial charge is 0.397 e. The average molecular weight is 246 g/mol. The molecule has 0 bridgehead atoms. The van der Waals surface area contributed by atoms with E-state index in [1.54, 1.807) is 7.05 Å². The predicted molar refractivity (Wildman–Crippen MR) is 72.3 cm³/mol. The molecule has 1 aromatic heterocycles. The highest BCUT2D eigenvalue weighted by atomic mass is 16.1. The Morgan fingerprint density at radius 1 is 1.50 bits per heavy atom. The van der Waals surface area contributed by atoms with E-state index in [1.165, 1.54) is 0 Å². The number of nitrogens with two attached hydrogens (primary N) is 1. The van der Waals surface area contributed by atoms with Crippen LogP contribution in [0.3, 0.4) is 0 Å². The molecule has 5 nitrogen and oxygen atoms in total. The third kappa shape index (κ3) is 2.03. The quantitative estimate of drug-likeness (QED) is 0.806. The lowest BCUT2D eigenvalue weighted by atomic mass is 10.2. The van der Waals surface area contributed by atoms with Crippen molar-refractivity contribution in [3.63, 3.8) is 0 Å². The number of nitrogens with one attached hydrogen (secondary N) is 1. The van der Waals surface area contributed by atoms with Gasteiger partial charge in [0.25, 0.3) is 0 Å². The molecule has 1 heterocycles. The van der Waals surface area contributed by atoms with E-state index < -0.39 is 0 Å². The van der Waals surface area contributed by atoms with Crippen LogP contribution in [0.1, 0.15) is 25.6 Å². The van der Waals surface area contributed by atoms with Crippen molar-refractivity contribution >= 4 is 22.6 Å².